The molecule has 1 aliphatic heterocycles. The van der Waals surface area contributed by atoms with E-state index in [9.17, 15) is 0 Å². The second-order valence-corrected chi connectivity index (χ2v) is 4.23. The molecule has 1 aromatic heterocycles. The summed E-state index contributed by atoms with van der Waals surface area (Å²) in [4.78, 5) is 8.23. The van der Waals surface area contributed by atoms with Gasteiger partial charge in [0, 0.05) is 24.6 Å². The van der Waals surface area contributed by atoms with Gasteiger partial charge in [0.25, 0.3) is 0 Å². The highest BCUT2D eigenvalue weighted by atomic mass is 16.5. The lowest BCUT2D eigenvalue weighted by Gasteiger charge is -2.19. The topological polar surface area (TPSA) is 56.3 Å². The maximum atomic E-state index is 5.38. The molecule has 0 amide bonds. The van der Waals surface area contributed by atoms with Crippen LogP contribution in [0.15, 0.2) is 12.4 Å². The lowest BCUT2D eigenvalue weighted by atomic mass is 10.0. The SMILES string of the molecule is CCOc1cc(NC(C)C2CCOC2)ncn1. The van der Waals surface area contributed by atoms with Gasteiger partial charge >= 0.3 is 0 Å². The second-order valence-electron chi connectivity index (χ2n) is 4.23. The molecule has 1 fully saturated rings. The van der Waals surface area contributed by atoms with Crippen LogP contribution in [-0.4, -0.2) is 35.8 Å². The Labute approximate surface area is 102 Å². The number of ether oxygens (including phenoxy) is 2. The van der Waals surface area contributed by atoms with Crippen LogP contribution in [0.2, 0.25) is 0 Å². The van der Waals surface area contributed by atoms with E-state index in [0.717, 1.165) is 25.5 Å². The third kappa shape index (κ3) is 3.30. The molecule has 0 spiro atoms. The first kappa shape index (κ1) is 12.1. The van der Waals surface area contributed by atoms with E-state index in [2.05, 4.69) is 22.2 Å². The minimum Gasteiger partial charge on any atom is -0.478 e. The maximum absolute atomic E-state index is 5.38. The molecule has 94 valence electrons. The number of nitrogens with one attached hydrogen (secondary N) is 1. The van der Waals surface area contributed by atoms with Gasteiger partial charge in [-0.1, -0.05) is 0 Å². The summed E-state index contributed by atoms with van der Waals surface area (Å²) in [6.07, 6.45) is 2.63. The number of hydrogen-bond acceptors (Lipinski definition) is 5. The van der Waals surface area contributed by atoms with Crippen LogP contribution >= 0.6 is 0 Å². The van der Waals surface area contributed by atoms with Crippen LogP contribution in [0, 0.1) is 5.92 Å². The Kier molecular flexibility index (Phi) is 4.14. The fourth-order valence-electron chi connectivity index (χ4n) is 1.94. The summed E-state index contributed by atoms with van der Waals surface area (Å²) in [5.41, 5.74) is 0. The fraction of sp³-hybridized carbons (Fsp3) is 0.667. The Morgan fingerprint density at radius 1 is 1.59 bits per heavy atom. The number of aromatic nitrogens is 2. The van der Waals surface area contributed by atoms with Gasteiger partial charge in [-0.15, -0.1) is 0 Å². The molecule has 0 aromatic carbocycles. The largest absolute Gasteiger partial charge is 0.478 e. The quantitative estimate of drug-likeness (QED) is 0.845. The van der Waals surface area contributed by atoms with Crippen LogP contribution in [0.1, 0.15) is 20.3 Å². The molecule has 2 unspecified atom stereocenters. The molecular formula is C12H19N3O2. The zero-order valence-corrected chi connectivity index (χ0v) is 10.3. The molecule has 1 aliphatic rings. The van der Waals surface area contributed by atoms with E-state index in [1.807, 2.05) is 13.0 Å². The molecule has 2 rings (SSSR count). The van der Waals surface area contributed by atoms with E-state index in [1.54, 1.807) is 0 Å². The van der Waals surface area contributed by atoms with Crippen LogP contribution in [0.5, 0.6) is 5.88 Å². The molecule has 2 atom stereocenters. The minimum absolute atomic E-state index is 0.349. The van der Waals surface area contributed by atoms with Crippen molar-refractivity contribution in [2.24, 2.45) is 5.92 Å². The van der Waals surface area contributed by atoms with Gasteiger partial charge in [0.2, 0.25) is 5.88 Å². The average Bonchev–Trinajstić information content (AvgIpc) is 2.83. The maximum Gasteiger partial charge on any atom is 0.218 e. The van der Waals surface area contributed by atoms with E-state index in [1.165, 1.54) is 6.33 Å². The first-order valence-electron chi connectivity index (χ1n) is 6.08. The summed E-state index contributed by atoms with van der Waals surface area (Å²) in [5, 5.41) is 3.37. The van der Waals surface area contributed by atoms with Crippen LogP contribution in [0.4, 0.5) is 5.82 Å². The van der Waals surface area contributed by atoms with E-state index in [0.29, 0.717) is 24.4 Å². The molecule has 0 radical (unpaired) electrons. The van der Waals surface area contributed by atoms with Crippen molar-refractivity contribution in [2.75, 3.05) is 25.1 Å². The van der Waals surface area contributed by atoms with Gasteiger partial charge in [-0.05, 0) is 20.3 Å². The molecule has 17 heavy (non-hydrogen) atoms. The predicted molar refractivity (Wildman–Crippen MR) is 65.2 cm³/mol. The van der Waals surface area contributed by atoms with E-state index in [-0.39, 0.29) is 0 Å². The van der Waals surface area contributed by atoms with Gasteiger partial charge in [0.05, 0.1) is 13.2 Å². The first-order valence-corrected chi connectivity index (χ1v) is 6.08. The Balaban J connectivity index is 1.94. The van der Waals surface area contributed by atoms with Crippen molar-refractivity contribution in [3.63, 3.8) is 0 Å². The summed E-state index contributed by atoms with van der Waals surface area (Å²) in [6, 6.07) is 2.18. The average molecular weight is 237 g/mol. The predicted octanol–water partition coefficient (Wildman–Crippen LogP) is 1.71. The zero-order chi connectivity index (χ0) is 12.1. The molecule has 0 aliphatic carbocycles. The normalized spacial score (nSPS) is 21.2. The monoisotopic (exact) mass is 237 g/mol. The minimum atomic E-state index is 0.349. The molecule has 5 nitrogen and oxygen atoms in total. The third-order valence-electron chi connectivity index (χ3n) is 2.98. The lowest BCUT2D eigenvalue weighted by Crippen LogP contribution is -2.26. The molecule has 0 bridgehead atoms. The molecule has 0 saturated carbocycles. The summed E-state index contributed by atoms with van der Waals surface area (Å²) in [5.74, 6) is 1.98. The second kappa shape index (κ2) is 5.82. The number of anilines is 1. The summed E-state index contributed by atoms with van der Waals surface area (Å²) in [6.45, 7) is 6.40. The number of rotatable bonds is 5. The molecule has 1 N–H and O–H groups in total. The van der Waals surface area contributed by atoms with Crippen molar-refractivity contribution in [1.29, 1.82) is 0 Å². The van der Waals surface area contributed by atoms with Crippen molar-refractivity contribution in [2.45, 2.75) is 26.3 Å². The molecule has 1 saturated heterocycles. The molecule has 5 heteroatoms. The molecular weight excluding hydrogens is 218 g/mol. The highest BCUT2D eigenvalue weighted by molar-refractivity contribution is 5.38. The smallest absolute Gasteiger partial charge is 0.218 e. The zero-order valence-electron chi connectivity index (χ0n) is 10.3. The third-order valence-corrected chi connectivity index (χ3v) is 2.98. The van der Waals surface area contributed by atoms with Gasteiger partial charge in [-0.3, -0.25) is 0 Å². The molecule has 1 aromatic rings. The van der Waals surface area contributed by atoms with Gasteiger partial charge in [-0.25, -0.2) is 9.97 Å². The lowest BCUT2D eigenvalue weighted by molar-refractivity contribution is 0.183. The Morgan fingerprint density at radius 3 is 3.18 bits per heavy atom. The van der Waals surface area contributed by atoms with Crippen molar-refractivity contribution in [3.05, 3.63) is 12.4 Å². The van der Waals surface area contributed by atoms with Gasteiger partial charge in [-0.2, -0.15) is 0 Å². The Morgan fingerprint density at radius 2 is 2.47 bits per heavy atom. The van der Waals surface area contributed by atoms with E-state index >= 15 is 0 Å². The van der Waals surface area contributed by atoms with Crippen LogP contribution in [0.3, 0.4) is 0 Å². The summed E-state index contributed by atoms with van der Waals surface area (Å²) >= 11 is 0. The van der Waals surface area contributed by atoms with Crippen molar-refractivity contribution < 1.29 is 9.47 Å². The van der Waals surface area contributed by atoms with E-state index < -0.39 is 0 Å². The summed E-state index contributed by atoms with van der Waals surface area (Å²) in [7, 11) is 0. The van der Waals surface area contributed by atoms with E-state index in [4.69, 9.17) is 9.47 Å². The van der Waals surface area contributed by atoms with Crippen LogP contribution in [-0.2, 0) is 4.74 Å². The number of hydrogen-bond donors (Lipinski definition) is 1. The van der Waals surface area contributed by atoms with Gasteiger partial charge in [0.15, 0.2) is 0 Å². The first-order chi connectivity index (χ1) is 8.29. The van der Waals surface area contributed by atoms with Crippen LogP contribution in [0.25, 0.3) is 0 Å². The summed E-state index contributed by atoms with van der Waals surface area (Å²) < 4.78 is 10.7. The highest BCUT2D eigenvalue weighted by Crippen LogP contribution is 2.20. The van der Waals surface area contributed by atoms with Gasteiger partial charge in [0.1, 0.15) is 12.1 Å². The van der Waals surface area contributed by atoms with Gasteiger partial charge < -0.3 is 14.8 Å². The highest BCUT2D eigenvalue weighted by Gasteiger charge is 2.22. The Bertz CT molecular complexity index is 353. The Hall–Kier alpha value is -1.36. The molecule has 2 heterocycles. The fourth-order valence-corrected chi connectivity index (χ4v) is 1.94. The van der Waals surface area contributed by atoms with Crippen LogP contribution < -0.4 is 10.1 Å². The van der Waals surface area contributed by atoms with Crippen molar-refractivity contribution in [3.8, 4) is 5.88 Å². The number of nitrogens with zero attached hydrogens (tertiary/aromatic N) is 2. The standard InChI is InChI=1S/C12H19N3O2/c1-3-17-12-6-11(13-8-14-12)15-9(2)10-4-5-16-7-10/h6,8-10H,3-5,7H2,1-2H3,(H,13,14,15). The van der Waals surface area contributed by atoms with Crippen molar-refractivity contribution >= 4 is 5.82 Å². The van der Waals surface area contributed by atoms with Crippen molar-refractivity contribution in [1.82, 2.24) is 9.97 Å².